The van der Waals surface area contributed by atoms with E-state index in [2.05, 4.69) is 5.32 Å². The number of benzene rings is 2. The lowest BCUT2D eigenvalue weighted by Gasteiger charge is -2.11. The summed E-state index contributed by atoms with van der Waals surface area (Å²) in [5.41, 5.74) is 2.57. The first-order chi connectivity index (χ1) is 9.52. The van der Waals surface area contributed by atoms with E-state index in [0.717, 1.165) is 11.1 Å². The number of carbonyl (C=O) groups excluding carboxylic acids is 1. The number of hydrogen-bond donors (Lipinski definition) is 2. The van der Waals surface area contributed by atoms with Gasteiger partial charge < -0.3 is 10.4 Å². The van der Waals surface area contributed by atoms with Crippen molar-refractivity contribution in [2.24, 2.45) is 0 Å². The monoisotopic (exact) mass is 309 g/mol. The Labute approximate surface area is 127 Å². The number of aliphatic hydroxyl groups excluding tert-OH is 1. The number of anilines is 1. The summed E-state index contributed by atoms with van der Waals surface area (Å²) in [6.07, 6.45) is 0. The molecule has 20 heavy (non-hydrogen) atoms. The first-order valence-corrected chi connectivity index (χ1v) is 6.74. The SMILES string of the molecule is Cc1ccc(CO)cc1NC(=O)c1cccc(Cl)c1Cl. The quantitative estimate of drug-likeness (QED) is 0.898. The van der Waals surface area contributed by atoms with E-state index in [0.29, 0.717) is 16.3 Å². The number of nitrogens with one attached hydrogen (secondary N) is 1. The predicted octanol–water partition coefficient (Wildman–Crippen LogP) is 4.05. The highest BCUT2D eigenvalue weighted by Gasteiger charge is 2.13. The molecule has 0 atom stereocenters. The van der Waals surface area contributed by atoms with Crippen molar-refractivity contribution in [3.8, 4) is 0 Å². The van der Waals surface area contributed by atoms with Crippen LogP contribution in [0.2, 0.25) is 10.0 Å². The van der Waals surface area contributed by atoms with Gasteiger partial charge in [0, 0.05) is 5.69 Å². The molecule has 0 heterocycles. The first-order valence-electron chi connectivity index (χ1n) is 5.98. The van der Waals surface area contributed by atoms with Crippen LogP contribution in [0.4, 0.5) is 5.69 Å². The predicted molar refractivity (Wildman–Crippen MR) is 81.5 cm³/mol. The number of carbonyl (C=O) groups is 1. The van der Waals surface area contributed by atoms with Crippen LogP contribution in [0.1, 0.15) is 21.5 Å². The van der Waals surface area contributed by atoms with Gasteiger partial charge in [-0.25, -0.2) is 0 Å². The zero-order chi connectivity index (χ0) is 14.7. The van der Waals surface area contributed by atoms with Crippen LogP contribution < -0.4 is 5.32 Å². The maximum absolute atomic E-state index is 12.2. The molecule has 0 radical (unpaired) electrons. The third-order valence-corrected chi connectivity index (χ3v) is 3.75. The summed E-state index contributed by atoms with van der Waals surface area (Å²) in [6, 6.07) is 10.3. The Morgan fingerprint density at radius 3 is 2.70 bits per heavy atom. The van der Waals surface area contributed by atoms with Gasteiger partial charge in [-0.15, -0.1) is 0 Å². The standard InChI is InChI=1S/C15H13Cl2NO2/c1-9-5-6-10(8-19)7-13(9)18-15(20)11-3-2-4-12(16)14(11)17/h2-7,19H,8H2,1H3,(H,18,20). The van der Waals surface area contributed by atoms with Crippen molar-refractivity contribution >= 4 is 34.8 Å². The number of hydrogen-bond acceptors (Lipinski definition) is 2. The van der Waals surface area contributed by atoms with Gasteiger partial charge in [0.05, 0.1) is 22.2 Å². The van der Waals surface area contributed by atoms with E-state index in [1.807, 2.05) is 13.0 Å². The average Bonchev–Trinajstić information content (AvgIpc) is 2.44. The summed E-state index contributed by atoms with van der Waals surface area (Å²) >= 11 is 11.9. The van der Waals surface area contributed by atoms with Crippen LogP contribution in [0.5, 0.6) is 0 Å². The van der Waals surface area contributed by atoms with E-state index in [9.17, 15) is 4.79 Å². The zero-order valence-electron chi connectivity index (χ0n) is 10.8. The molecular weight excluding hydrogens is 297 g/mol. The topological polar surface area (TPSA) is 49.3 Å². The lowest BCUT2D eigenvalue weighted by Crippen LogP contribution is -2.13. The van der Waals surface area contributed by atoms with Crippen molar-refractivity contribution in [3.05, 3.63) is 63.1 Å². The van der Waals surface area contributed by atoms with Crippen LogP contribution in [0, 0.1) is 6.92 Å². The van der Waals surface area contributed by atoms with E-state index in [4.69, 9.17) is 28.3 Å². The Kier molecular flexibility index (Phi) is 4.65. The average molecular weight is 310 g/mol. The van der Waals surface area contributed by atoms with Crippen LogP contribution in [-0.2, 0) is 6.61 Å². The van der Waals surface area contributed by atoms with Gasteiger partial charge in [0.15, 0.2) is 0 Å². The molecule has 0 aliphatic rings. The third-order valence-electron chi connectivity index (χ3n) is 2.93. The lowest BCUT2D eigenvalue weighted by atomic mass is 10.1. The van der Waals surface area contributed by atoms with Gasteiger partial charge in [-0.3, -0.25) is 4.79 Å². The van der Waals surface area contributed by atoms with Crippen molar-refractivity contribution < 1.29 is 9.90 Å². The molecule has 0 fully saturated rings. The molecule has 0 saturated heterocycles. The van der Waals surface area contributed by atoms with Crippen molar-refractivity contribution in [1.82, 2.24) is 0 Å². The van der Waals surface area contributed by atoms with Gasteiger partial charge >= 0.3 is 0 Å². The maximum Gasteiger partial charge on any atom is 0.257 e. The molecule has 5 heteroatoms. The van der Waals surface area contributed by atoms with Gasteiger partial charge in [0.1, 0.15) is 0 Å². The molecule has 0 bridgehead atoms. The van der Waals surface area contributed by atoms with E-state index in [-0.39, 0.29) is 17.5 Å². The Balaban J connectivity index is 2.30. The molecule has 104 valence electrons. The Hall–Kier alpha value is -1.55. The second kappa shape index (κ2) is 6.27. The number of rotatable bonds is 3. The first kappa shape index (κ1) is 14.9. The van der Waals surface area contributed by atoms with Crippen molar-refractivity contribution in [3.63, 3.8) is 0 Å². The minimum atomic E-state index is -0.337. The summed E-state index contributed by atoms with van der Waals surface area (Å²) in [5, 5.41) is 12.5. The van der Waals surface area contributed by atoms with E-state index >= 15 is 0 Å². The van der Waals surface area contributed by atoms with Crippen LogP contribution in [0.15, 0.2) is 36.4 Å². The van der Waals surface area contributed by atoms with E-state index in [1.165, 1.54) is 0 Å². The maximum atomic E-state index is 12.2. The molecular formula is C15H13Cl2NO2. The zero-order valence-corrected chi connectivity index (χ0v) is 12.3. The molecule has 0 aliphatic heterocycles. The fraction of sp³-hybridized carbons (Fsp3) is 0.133. The van der Waals surface area contributed by atoms with Gasteiger partial charge in [0.2, 0.25) is 0 Å². The van der Waals surface area contributed by atoms with Crippen LogP contribution in [-0.4, -0.2) is 11.0 Å². The van der Waals surface area contributed by atoms with Crippen molar-refractivity contribution in [2.75, 3.05) is 5.32 Å². The molecule has 0 unspecified atom stereocenters. The Bertz CT molecular complexity index is 656. The summed E-state index contributed by atoms with van der Waals surface area (Å²) in [4.78, 5) is 12.2. The second-order valence-corrected chi connectivity index (χ2v) is 5.15. The van der Waals surface area contributed by atoms with Crippen LogP contribution in [0.25, 0.3) is 0 Å². The number of halogens is 2. The van der Waals surface area contributed by atoms with Gasteiger partial charge in [0.25, 0.3) is 5.91 Å². The summed E-state index contributed by atoms with van der Waals surface area (Å²) in [5.74, 6) is -0.337. The molecule has 0 aromatic heterocycles. The van der Waals surface area contributed by atoms with Crippen molar-refractivity contribution in [1.29, 1.82) is 0 Å². The molecule has 0 saturated carbocycles. The minimum Gasteiger partial charge on any atom is -0.392 e. The third kappa shape index (κ3) is 3.12. The number of aryl methyl sites for hydroxylation is 1. The van der Waals surface area contributed by atoms with Gasteiger partial charge in [-0.2, -0.15) is 0 Å². The van der Waals surface area contributed by atoms with Crippen molar-refractivity contribution in [2.45, 2.75) is 13.5 Å². The number of amides is 1. The largest absolute Gasteiger partial charge is 0.392 e. The molecule has 2 aromatic carbocycles. The minimum absolute atomic E-state index is 0.0823. The van der Waals surface area contributed by atoms with E-state index in [1.54, 1.807) is 30.3 Å². The fourth-order valence-corrected chi connectivity index (χ4v) is 2.16. The fourth-order valence-electron chi connectivity index (χ4n) is 1.77. The molecule has 2 rings (SSSR count). The summed E-state index contributed by atoms with van der Waals surface area (Å²) in [6.45, 7) is 1.79. The molecule has 0 spiro atoms. The molecule has 1 amide bonds. The second-order valence-electron chi connectivity index (χ2n) is 4.36. The normalized spacial score (nSPS) is 10.4. The van der Waals surface area contributed by atoms with Gasteiger partial charge in [-0.1, -0.05) is 41.4 Å². The highest BCUT2D eigenvalue weighted by atomic mass is 35.5. The number of aliphatic hydroxyl groups is 1. The molecule has 3 nitrogen and oxygen atoms in total. The summed E-state index contributed by atoms with van der Waals surface area (Å²) < 4.78 is 0. The Morgan fingerprint density at radius 2 is 2.00 bits per heavy atom. The van der Waals surface area contributed by atoms with Crippen LogP contribution >= 0.6 is 23.2 Å². The highest BCUT2D eigenvalue weighted by Crippen LogP contribution is 2.26. The summed E-state index contributed by atoms with van der Waals surface area (Å²) in [7, 11) is 0. The van der Waals surface area contributed by atoms with E-state index < -0.39 is 0 Å². The molecule has 2 aromatic rings. The highest BCUT2D eigenvalue weighted by molar-refractivity contribution is 6.44. The lowest BCUT2D eigenvalue weighted by molar-refractivity contribution is 0.102. The Morgan fingerprint density at radius 1 is 1.25 bits per heavy atom. The molecule has 0 aliphatic carbocycles. The smallest absolute Gasteiger partial charge is 0.257 e. The van der Waals surface area contributed by atoms with Gasteiger partial charge in [-0.05, 0) is 36.2 Å². The molecule has 2 N–H and O–H groups in total. The van der Waals surface area contributed by atoms with Crippen LogP contribution in [0.3, 0.4) is 0 Å².